The second-order valence-corrected chi connectivity index (χ2v) is 14.6. The minimum absolute atomic E-state index is 0.135. The fraction of sp³-hybridized carbons (Fsp3) is 0.531. The zero-order chi connectivity index (χ0) is 28.8. The summed E-state index contributed by atoms with van der Waals surface area (Å²) in [5.74, 6) is 0.196. The lowest BCUT2D eigenvalue weighted by Crippen LogP contribution is -2.49. The number of benzene rings is 2. The van der Waals surface area contributed by atoms with E-state index >= 15 is 0 Å². The number of anilines is 1. The lowest BCUT2D eigenvalue weighted by Gasteiger charge is -2.45. The molecule has 220 valence electrons. The van der Waals surface area contributed by atoms with Crippen LogP contribution in [0.4, 0.5) is 5.69 Å². The lowest BCUT2D eigenvalue weighted by molar-refractivity contribution is 0.0456. The summed E-state index contributed by atoms with van der Waals surface area (Å²) in [6.07, 6.45) is 9.33. The summed E-state index contributed by atoms with van der Waals surface area (Å²) >= 11 is 6.38. The second-order valence-electron chi connectivity index (χ2n) is 12.4. The first kappa shape index (κ1) is 28.6. The zero-order valence-electron chi connectivity index (χ0n) is 23.5. The number of amides is 1. The van der Waals surface area contributed by atoms with Gasteiger partial charge in [-0.2, -0.15) is 0 Å². The number of nitrogens with one attached hydrogen (secondary N) is 1. The summed E-state index contributed by atoms with van der Waals surface area (Å²) < 4.78 is 34.7. The molecule has 2 aromatic rings. The molecule has 1 spiro atoms. The van der Waals surface area contributed by atoms with Crippen molar-refractivity contribution in [3.05, 3.63) is 70.3 Å². The monoisotopic (exact) mass is 598 g/mol. The molecule has 0 radical (unpaired) electrons. The van der Waals surface area contributed by atoms with Gasteiger partial charge in [0.1, 0.15) is 5.75 Å². The van der Waals surface area contributed by atoms with E-state index in [1.807, 2.05) is 25.1 Å². The van der Waals surface area contributed by atoms with Crippen LogP contribution in [0, 0.1) is 17.8 Å². The van der Waals surface area contributed by atoms with E-state index in [1.54, 1.807) is 18.2 Å². The number of allylic oxidation sites excluding steroid dienone is 1. The molecule has 9 heteroatoms. The van der Waals surface area contributed by atoms with E-state index in [1.165, 1.54) is 11.1 Å². The molecule has 2 N–H and O–H groups in total. The SMILES string of the molecule is CCC1C/C=C/[C@H](O)[C@@H]2CC[C@H]2CN2C[C@@]3(CCCc4cc(Cl)ccc43)COc3ccc(cc32)C(=O)NS(=O)(=O)C1. The van der Waals surface area contributed by atoms with Crippen molar-refractivity contribution in [1.29, 1.82) is 0 Å². The Balaban J connectivity index is 1.41. The van der Waals surface area contributed by atoms with E-state index in [0.717, 1.165) is 49.4 Å². The number of rotatable bonds is 1. The van der Waals surface area contributed by atoms with E-state index in [4.69, 9.17) is 16.3 Å². The summed E-state index contributed by atoms with van der Waals surface area (Å²) in [7, 11) is -3.84. The Morgan fingerprint density at radius 1 is 1.20 bits per heavy atom. The highest BCUT2D eigenvalue weighted by Crippen LogP contribution is 2.46. The molecule has 2 aromatic carbocycles. The Hall–Kier alpha value is -2.55. The van der Waals surface area contributed by atoms with E-state index in [9.17, 15) is 18.3 Å². The number of halogens is 1. The average molecular weight is 599 g/mol. The molecular formula is C32H39ClN2O5S. The topological polar surface area (TPSA) is 95.9 Å². The molecule has 2 bridgehead atoms. The van der Waals surface area contributed by atoms with Crippen molar-refractivity contribution in [2.24, 2.45) is 17.8 Å². The van der Waals surface area contributed by atoms with E-state index < -0.39 is 22.0 Å². The summed E-state index contributed by atoms with van der Waals surface area (Å²) in [6.45, 7) is 3.87. The highest BCUT2D eigenvalue weighted by Gasteiger charge is 2.44. The first-order chi connectivity index (χ1) is 19.7. The van der Waals surface area contributed by atoms with Crippen LogP contribution in [0.5, 0.6) is 5.75 Å². The fourth-order valence-corrected chi connectivity index (χ4v) is 8.94. The molecule has 6 rings (SSSR count). The van der Waals surface area contributed by atoms with E-state index in [0.29, 0.717) is 37.7 Å². The predicted molar refractivity (Wildman–Crippen MR) is 161 cm³/mol. The van der Waals surface area contributed by atoms with Gasteiger partial charge in [0.05, 0.1) is 24.2 Å². The van der Waals surface area contributed by atoms with Gasteiger partial charge in [-0.1, -0.05) is 43.2 Å². The molecule has 41 heavy (non-hydrogen) atoms. The Kier molecular flexibility index (Phi) is 7.85. The van der Waals surface area contributed by atoms with E-state index in [2.05, 4.69) is 21.8 Å². The summed E-state index contributed by atoms with van der Waals surface area (Å²) in [5, 5.41) is 11.8. The first-order valence-electron chi connectivity index (χ1n) is 14.9. The van der Waals surface area contributed by atoms with Crippen molar-refractivity contribution in [3.63, 3.8) is 0 Å². The molecule has 0 aromatic heterocycles. The Labute approximate surface area is 248 Å². The number of ether oxygens (including phenoxy) is 1. The van der Waals surface area contributed by atoms with Gasteiger partial charge in [0.25, 0.3) is 5.91 Å². The minimum Gasteiger partial charge on any atom is -0.490 e. The van der Waals surface area contributed by atoms with Crippen LogP contribution >= 0.6 is 11.6 Å². The number of fused-ring (bicyclic) bond motifs is 4. The largest absolute Gasteiger partial charge is 0.490 e. The second kappa shape index (κ2) is 11.3. The molecule has 0 saturated heterocycles. The molecule has 2 aliphatic carbocycles. The Bertz CT molecular complexity index is 1460. The number of carbonyl (C=O) groups is 1. The van der Waals surface area contributed by atoms with Gasteiger partial charge in [0.15, 0.2) is 0 Å². The molecule has 1 unspecified atom stereocenters. The van der Waals surface area contributed by atoms with Crippen LogP contribution in [0.2, 0.25) is 5.02 Å². The fourth-order valence-electron chi connectivity index (χ4n) is 7.27. The van der Waals surface area contributed by atoms with Crippen molar-refractivity contribution >= 4 is 33.2 Å². The minimum atomic E-state index is -3.84. The maximum Gasteiger partial charge on any atom is 0.264 e. The number of hydrogen-bond donors (Lipinski definition) is 2. The third kappa shape index (κ3) is 5.75. The van der Waals surface area contributed by atoms with Crippen LogP contribution < -0.4 is 14.4 Å². The predicted octanol–water partition coefficient (Wildman–Crippen LogP) is 5.25. The first-order valence-corrected chi connectivity index (χ1v) is 16.9. The summed E-state index contributed by atoms with van der Waals surface area (Å²) in [5.41, 5.74) is 3.35. The molecule has 2 aliphatic heterocycles. The smallest absolute Gasteiger partial charge is 0.264 e. The number of sulfonamides is 1. The molecule has 1 saturated carbocycles. The average Bonchev–Trinajstić information content (AvgIpc) is 3.06. The number of hydrogen-bond acceptors (Lipinski definition) is 6. The van der Waals surface area contributed by atoms with Gasteiger partial charge >= 0.3 is 0 Å². The van der Waals surface area contributed by atoms with Crippen molar-refractivity contribution < 1.29 is 23.1 Å². The van der Waals surface area contributed by atoms with Crippen LogP contribution in [0.1, 0.15) is 66.9 Å². The number of carbonyl (C=O) groups excluding carboxylic acids is 1. The van der Waals surface area contributed by atoms with Crippen molar-refractivity contribution in [2.75, 3.05) is 30.3 Å². The lowest BCUT2D eigenvalue weighted by atomic mass is 9.68. The van der Waals surface area contributed by atoms with Crippen LogP contribution in [-0.4, -0.2) is 51.0 Å². The van der Waals surface area contributed by atoms with Gasteiger partial charge in [0, 0.05) is 29.1 Å². The van der Waals surface area contributed by atoms with Gasteiger partial charge in [0.2, 0.25) is 10.0 Å². The summed E-state index contributed by atoms with van der Waals surface area (Å²) in [4.78, 5) is 15.6. The van der Waals surface area contributed by atoms with Crippen molar-refractivity contribution in [1.82, 2.24) is 4.72 Å². The van der Waals surface area contributed by atoms with Gasteiger partial charge in [-0.3, -0.25) is 4.79 Å². The summed E-state index contributed by atoms with van der Waals surface area (Å²) in [6, 6.07) is 11.4. The van der Waals surface area contributed by atoms with Crippen LogP contribution in [0.3, 0.4) is 0 Å². The van der Waals surface area contributed by atoms with Gasteiger partial charge in [-0.05, 0) is 97.7 Å². The Morgan fingerprint density at radius 3 is 2.83 bits per heavy atom. The highest BCUT2D eigenvalue weighted by molar-refractivity contribution is 7.90. The number of nitrogens with zero attached hydrogens (tertiary/aromatic N) is 1. The molecule has 1 amide bonds. The van der Waals surface area contributed by atoms with Crippen molar-refractivity contribution in [2.45, 2.75) is 63.4 Å². The molecule has 4 aliphatic rings. The standard InChI is InChI=1S/C32H39ClN2O5S/c1-2-21-5-3-7-29(36)26-11-8-24(26)17-35-19-32(14-4-6-22-15-25(33)10-12-27(22)32)20-40-30-13-9-23(16-28(30)35)31(37)34-41(38,39)18-21/h3,7,9-10,12-13,15-16,21,24,26,29,36H,2,4-6,8,11,14,17-20H2,1H3,(H,34,37)/b7-3+/t21?,24-,26+,29-,32-/m0/s1. The van der Waals surface area contributed by atoms with Crippen LogP contribution in [0.25, 0.3) is 0 Å². The molecule has 2 heterocycles. The third-order valence-corrected chi connectivity index (χ3v) is 11.4. The van der Waals surface area contributed by atoms with Gasteiger partial charge in [-0.25, -0.2) is 13.1 Å². The zero-order valence-corrected chi connectivity index (χ0v) is 25.1. The maximum absolute atomic E-state index is 13.2. The number of aliphatic hydroxyl groups is 1. The van der Waals surface area contributed by atoms with Gasteiger partial charge < -0.3 is 14.7 Å². The highest BCUT2D eigenvalue weighted by atomic mass is 35.5. The molecule has 1 fully saturated rings. The normalized spacial score (nSPS) is 32.0. The van der Waals surface area contributed by atoms with Crippen LogP contribution in [0.15, 0.2) is 48.6 Å². The molecular weight excluding hydrogens is 560 g/mol. The quantitative estimate of drug-likeness (QED) is 0.436. The van der Waals surface area contributed by atoms with E-state index in [-0.39, 0.29) is 28.6 Å². The number of aryl methyl sites for hydroxylation is 1. The molecule has 5 atom stereocenters. The van der Waals surface area contributed by atoms with Crippen molar-refractivity contribution in [3.8, 4) is 5.75 Å². The Morgan fingerprint density at radius 2 is 2.05 bits per heavy atom. The van der Waals surface area contributed by atoms with Gasteiger partial charge in [-0.15, -0.1) is 0 Å². The maximum atomic E-state index is 13.2. The molecule has 7 nitrogen and oxygen atoms in total. The number of aliphatic hydroxyl groups excluding tert-OH is 1. The third-order valence-electron chi connectivity index (χ3n) is 9.75. The van der Waals surface area contributed by atoms with Crippen LogP contribution in [-0.2, 0) is 21.9 Å².